The Bertz CT molecular complexity index is 625. The average molecular weight is 466 g/mol. The van der Waals surface area contributed by atoms with Gasteiger partial charge in [0.25, 0.3) is 0 Å². The van der Waals surface area contributed by atoms with E-state index < -0.39 is 85.3 Å². The molecule has 0 radical (unpaired) electrons. The van der Waals surface area contributed by atoms with Crippen LogP contribution in [0.4, 0.5) is 0 Å². The molecule has 0 saturated heterocycles. The average Bonchev–Trinajstić information content (AvgIpc) is 2.72. The van der Waals surface area contributed by atoms with E-state index in [-0.39, 0.29) is 13.1 Å². The largest absolute Gasteiger partial charge is 0.480 e. The number of amides is 2. The van der Waals surface area contributed by atoms with E-state index in [2.05, 4.69) is 10.6 Å². The molecular weight excluding hydrogens is 432 g/mol. The maximum Gasteiger partial charge on any atom is 0.323 e. The summed E-state index contributed by atoms with van der Waals surface area (Å²) in [6.07, 6.45) is 0. The molecule has 0 aromatic heterocycles. The summed E-state index contributed by atoms with van der Waals surface area (Å²) in [5.74, 6) is -13.9. The fourth-order valence-corrected chi connectivity index (χ4v) is 3.93. The van der Waals surface area contributed by atoms with Crippen LogP contribution in [0.1, 0.15) is 6.92 Å². The topological polar surface area (TPSA) is 266 Å². The van der Waals surface area contributed by atoms with E-state index in [1.165, 1.54) is 0 Å². The van der Waals surface area contributed by atoms with E-state index in [4.69, 9.17) is 11.5 Å². The van der Waals surface area contributed by atoms with Crippen LogP contribution in [0, 0.1) is 29.1 Å². The Hall–Kier alpha value is -2.36. The Morgan fingerprint density at radius 2 is 1.28 bits per heavy atom. The molecule has 3 unspecified atom stereocenters. The van der Waals surface area contributed by atoms with Gasteiger partial charge in [-0.1, -0.05) is 6.92 Å². The standard InChI is InChI=1S/C18H34N4O10/c1-2-21-3-4-22-13(11(14(19)27)9(5-23)6-24)18(16(29)30,17(31)32)12(15(20)28)10(7-25)8-26/h9-13,21-26H,2-8H2,1H3,(H2,19,27)(H2,20,28)(H,29,30)(H,31,32). The van der Waals surface area contributed by atoms with Gasteiger partial charge in [0.15, 0.2) is 5.41 Å². The van der Waals surface area contributed by atoms with Gasteiger partial charge in [0, 0.05) is 57.4 Å². The minimum Gasteiger partial charge on any atom is -0.480 e. The number of nitrogens with two attached hydrogens (primary N) is 2. The van der Waals surface area contributed by atoms with Crippen molar-refractivity contribution in [3.63, 3.8) is 0 Å². The van der Waals surface area contributed by atoms with Crippen LogP contribution in [0.15, 0.2) is 0 Å². The lowest BCUT2D eigenvalue weighted by atomic mass is 9.60. The summed E-state index contributed by atoms with van der Waals surface area (Å²) >= 11 is 0. The Kier molecular flexibility index (Phi) is 12.9. The van der Waals surface area contributed by atoms with E-state index in [0.29, 0.717) is 6.54 Å². The van der Waals surface area contributed by atoms with Crippen LogP contribution >= 0.6 is 0 Å². The molecule has 0 aliphatic rings. The summed E-state index contributed by atoms with van der Waals surface area (Å²) in [7, 11) is 0. The third-order valence-corrected chi connectivity index (χ3v) is 5.52. The quantitative estimate of drug-likeness (QED) is 0.0673. The normalized spacial score (nSPS) is 14.8. The lowest BCUT2D eigenvalue weighted by molar-refractivity contribution is -0.181. The third-order valence-electron chi connectivity index (χ3n) is 5.52. The molecule has 0 rings (SSSR count). The molecule has 32 heavy (non-hydrogen) atoms. The van der Waals surface area contributed by atoms with Crippen LogP contribution in [0.3, 0.4) is 0 Å². The molecule has 14 heteroatoms. The number of carbonyl (C=O) groups excluding carboxylic acids is 2. The van der Waals surface area contributed by atoms with Crippen LogP contribution in [0.25, 0.3) is 0 Å². The lowest BCUT2D eigenvalue weighted by Gasteiger charge is -2.44. The third kappa shape index (κ3) is 6.34. The number of primary amides is 2. The van der Waals surface area contributed by atoms with Crippen molar-refractivity contribution in [1.29, 1.82) is 0 Å². The predicted molar refractivity (Wildman–Crippen MR) is 109 cm³/mol. The number of aliphatic carboxylic acids is 2. The highest BCUT2D eigenvalue weighted by atomic mass is 16.4. The first kappa shape index (κ1) is 29.6. The van der Waals surface area contributed by atoms with Gasteiger partial charge >= 0.3 is 11.9 Å². The van der Waals surface area contributed by atoms with Gasteiger partial charge in [-0.2, -0.15) is 0 Å². The SMILES string of the molecule is CCNCCNC(C(C(N)=O)C(CO)CO)C(C(=O)O)(C(=O)O)C(C(N)=O)C(CO)CO. The lowest BCUT2D eigenvalue weighted by Crippen LogP contribution is -2.68. The number of rotatable bonds is 18. The zero-order valence-corrected chi connectivity index (χ0v) is 17.8. The Balaban J connectivity index is 7.13. The van der Waals surface area contributed by atoms with Crippen molar-refractivity contribution in [2.75, 3.05) is 46.1 Å². The van der Waals surface area contributed by atoms with Gasteiger partial charge in [0.05, 0.1) is 11.8 Å². The maximum atomic E-state index is 12.5. The summed E-state index contributed by atoms with van der Waals surface area (Å²) in [5, 5.41) is 64.1. The van der Waals surface area contributed by atoms with Crippen molar-refractivity contribution >= 4 is 23.8 Å². The molecule has 0 saturated carbocycles. The highest BCUT2D eigenvalue weighted by Gasteiger charge is 2.65. The minimum atomic E-state index is -3.21. The molecule has 186 valence electrons. The Morgan fingerprint density at radius 1 is 0.812 bits per heavy atom. The monoisotopic (exact) mass is 466 g/mol. The van der Waals surface area contributed by atoms with Crippen LogP contribution in [-0.4, -0.2) is 106 Å². The number of carboxylic acid groups (broad SMARTS) is 2. The molecule has 0 spiro atoms. The van der Waals surface area contributed by atoms with Crippen LogP contribution in [-0.2, 0) is 19.2 Å². The fourth-order valence-electron chi connectivity index (χ4n) is 3.93. The number of aliphatic hydroxyl groups is 4. The number of hydrogen-bond donors (Lipinski definition) is 10. The summed E-state index contributed by atoms with van der Waals surface area (Å²) in [6, 6.07) is -1.98. The van der Waals surface area contributed by atoms with Crippen molar-refractivity contribution in [2.45, 2.75) is 13.0 Å². The first-order chi connectivity index (χ1) is 15.0. The van der Waals surface area contributed by atoms with Crippen molar-refractivity contribution in [3.05, 3.63) is 0 Å². The van der Waals surface area contributed by atoms with E-state index in [1.54, 1.807) is 6.92 Å². The van der Waals surface area contributed by atoms with Gasteiger partial charge in [0.2, 0.25) is 11.8 Å². The van der Waals surface area contributed by atoms with E-state index in [1.807, 2.05) is 0 Å². The van der Waals surface area contributed by atoms with Gasteiger partial charge in [0.1, 0.15) is 0 Å². The van der Waals surface area contributed by atoms with Crippen LogP contribution < -0.4 is 22.1 Å². The number of aliphatic hydroxyl groups excluding tert-OH is 4. The molecule has 0 aliphatic heterocycles. The Labute approximate surface area is 184 Å². The van der Waals surface area contributed by atoms with Gasteiger partial charge in [-0.25, -0.2) is 0 Å². The second-order valence-electron chi connectivity index (χ2n) is 7.32. The Morgan fingerprint density at radius 3 is 1.59 bits per heavy atom. The molecule has 0 heterocycles. The molecule has 0 aromatic carbocycles. The smallest absolute Gasteiger partial charge is 0.323 e. The fraction of sp³-hybridized carbons (Fsp3) is 0.778. The van der Waals surface area contributed by atoms with E-state index in [9.17, 15) is 49.8 Å². The zero-order valence-electron chi connectivity index (χ0n) is 17.8. The predicted octanol–water partition coefficient (Wildman–Crippen LogP) is -4.89. The van der Waals surface area contributed by atoms with Crippen LogP contribution in [0.2, 0.25) is 0 Å². The van der Waals surface area contributed by atoms with Gasteiger partial charge < -0.3 is 52.7 Å². The minimum absolute atomic E-state index is 0.109. The highest BCUT2D eigenvalue weighted by Crippen LogP contribution is 2.42. The second-order valence-corrected chi connectivity index (χ2v) is 7.32. The van der Waals surface area contributed by atoms with E-state index >= 15 is 0 Å². The molecule has 0 bridgehead atoms. The molecule has 3 atom stereocenters. The molecule has 14 nitrogen and oxygen atoms in total. The summed E-state index contributed by atoms with van der Waals surface area (Å²) in [5.41, 5.74) is 7.54. The van der Waals surface area contributed by atoms with E-state index in [0.717, 1.165) is 0 Å². The van der Waals surface area contributed by atoms with Gasteiger partial charge in [-0.15, -0.1) is 0 Å². The first-order valence-electron chi connectivity index (χ1n) is 9.95. The summed E-state index contributed by atoms with van der Waals surface area (Å²) in [6.45, 7) is -1.38. The molecule has 0 aromatic rings. The number of carboxylic acids is 2. The zero-order chi connectivity index (χ0) is 25.1. The molecular formula is C18H34N4O10. The molecule has 0 fully saturated rings. The van der Waals surface area contributed by atoms with Gasteiger partial charge in [-0.05, 0) is 6.54 Å². The number of likely N-dealkylation sites (N-methyl/N-ethyl adjacent to an activating group) is 1. The van der Waals surface area contributed by atoms with Crippen molar-refractivity contribution < 1.29 is 49.8 Å². The number of nitrogens with one attached hydrogen (secondary N) is 2. The summed E-state index contributed by atoms with van der Waals surface area (Å²) in [4.78, 5) is 49.7. The van der Waals surface area contributed by atoms with Crippen LogP contribution in [0.5, 0.6) is 0 Å². The number of carbonyl (C=O) groups is 4. The van der Waals surface area contributed by atoms with Gasteiger partial charge in [-0.3, -0.25) is 19.2 Å². The number of hydrogen-bond acceptors (Lipinski definition) is 10. The first-order valence-corrected chi connectivity index (χ1v) is 9.95. The second kappa shape index (κ2) is 13.9. The highest BCUT2D eigenvalue weighted by molar-refractivity contribution is 6.05. The molecule has 2 amide bonds. The maximum absolute atomic E-state index is 12.5. The van der Waals surface area contributed by atoms with Crippen molar-refractivity contribution in [2.24, 2.45) is 40.6 Å². The van der Waals surface area contributed by atoms with Crippen molar-refractivity contribution in [3.8, 4) is 0 Å². The molecule has 0 aliphatic carbocycles. The summed E-state index contributed by atoms with van der Waals surface area (Å²) < 4.78 is 0. The molecule has 12 N–H and O–H groups in total. The van der Waals surface area contributed by atoms with Crippen molar-refractivity contribution in [1.82, 2.24) is 10.6 Å².